The lowest BCUT2D eigenvalue weighted by molar-refractivity contribution is -0.149. The molecule has 1 saturated heterocycles. The second-order valence-electron chi connectivity index (χ2n) is 7.36. The first-order valence-electron chi connectivity index (χ1n) is 9.80. The summed E-state index contributed by atoms with van der Waals surface area (Å²) in [6.07, 6.45) is 0.00566. The number of esters is 3. The van der Waals surface area contributed by atoms with Gasteiger partial charge in [0, 0.05) is 24.2 Å². The predicted molar refractivity (Wildman–Crippen MR) is 118 cm³/mol. The molecule has 1 atom stereocenters. The lowest BCUT2D eigenvalue weighted by Crippen LogP contribution is -2.27. The summed E-state index contributed by atoms with van der Waals surface area (Å²) in [5.74, 6) is -2.92. The maximum Gasteiger partial charge on any atom is 0.348 e. The van der Waals surface area contributed by atoms with Crippen LogP contribution in [0, 0.1) is 19.8 Å². The minimum Gasteiger partial charge on any atom is -0.465 e. The van der Waals surface area contributed by atoms with Gasteiger partial charge >= 0.3 is 17.9 Å². The standard InChI is InChI=1S/C22H24N2O7S/c1-11-6-5-7-15(12(11)2)24-9-13(8-16(24)25)20(26)31-10-14-17(21(27)29-3)19(23)32-18(14)22(28)30-4/h5-7,13H,8-10,23H2,1-4H3. The van der Waals surface area contributed by atoms with E-state index in [0.29, 0.717) is 0 Å². The quantitative estimate of drug-likeness (QED) is 0.515. The van der Waals surface area contributed by atoms with Crippen LogP contribution in [0.1, 0.15) is 43.1 Å². The molecule has 1 aromatic carbocycles. The fourth-order valence-corrected chi connectivity index (χ4v) is 4.57. The first kappa shape index (κ1) is 23.3. The highest BCUT2D eigenvalue weighted by molar-refractivity contribution is 7.18. The van der Waals surface area contributed by atoms with Gasteiger partial charge in [0.2, 0.25) is 5.91 Å². The molecule has 1 amide bonds. The van der Waals surface area contributed by atoms with Gasteiger partial charge in [-0.15, -0.1) is 11.3 Å². The molecular formula is C22H24N2O7S. The second-order valence-corrected chi connectivity index (χ2v) is 8.42. The van der Waals surface area contributed by atoms with Crippen LogP contribution in [0.4, 0.5) is 10.7 Å². The number of carbonyl (C=O) groups is 4. The Kier molecular flexibility index (Phi) is 6.83. The van der Waals surface area contributed by atoms with E-state index in [2.05, 4.69) is 0 Å². The lowest BCUT2D eigenvalue weighted by atomic mass is 10.1. The summed E-state index contributed by atoms with van der Waals surface area (Å²) in [6, 6.07) is 5.66. The molecule has 0 bridgehead atoms. The molecule has 3 rings (SSSR count). The predicted octanol–water partition coefficient (Wildman–Crippen LogP) is 2.62. The van der Waals surface area contributed by atoms with Crippen molar-refractivity contribution in [3.05, 3.63) is 45.3 Å². The topological polar surface area (TPSA) is 125 Å². The van der Waals surface area contributed by atoms with Gasteiger partial charge in [0.15, 0.2) is 0 Å². The van der Waals surface area contributed by atoms with E-state index in [1.54, 1.807) is 4.90 Å². The molecule has 2 aromatic rings. The van der Waals surface area contributed by atoms with Gasteiger partial charge in [0.05, 0.1) is 20.1 Å². The number of benzene rings is 1. The van der Waals surface area contributed by atoms with Gasteiger partial charge in [-0.2, -0.15) is 0 Å². The van der Waals surface area contributed by atoms with Crippen molar-refractivity contribution in [2.75, 3.05) is 31.4 Å². The maximum atomic E-state index is 12.7. The minimum absolute atomic E-state index is 0.00566. The van der Waals surface area contributed by atoms with Crippen molar-refractivity contribution in [2.45, 2.75) is 26.9 Å². The van der Waals surface area contributed by atoms with Gasteiger partial charge in [-0.05, 0) is 31.0 Å². The normalized spacial score (nSPS) is 15.6. The Morgan fingerprint density at radius 2 is 1.84 bits per heavy atom. The van der Waals surface area contributed by atoms with Gasteiger partial charge < -0.3 is 24.8 Å². The van der Waals surface area contributed by atoms with Crippen molar-refractivity contribution in [1.29, 1.82) is 0 Å². The first-order chi connectivity index (χ1) is 15.2. The zero-order chi connectivity index (χ0) is 23.6. The van der Waals surface area contributed by atoms with Crippen molar-refractivity contribution >= 4 is 45.8 Å². The number of nitrogens with zero attached hydrogens (tertiary/aromatic N) is 1. The molecule has 1 aromatic heterocycles. The van der Waals surface area contributed by atoms with Gasteiger partial charge in [0.1, 0.15) is 22.0 Å². The number of nitrogen functional groups attached to an aromatic ring is 1. The number of carbonyl (C=O) groups excluding carboxylic acids is 4. The molecule has 1 aliphatic heterocycles. The third-order valence-corrected chi connectivity index (χ3v) is 6.52. The van der Waals surface area contributed by atoms with Crippen LogP contribution in [-0.4, -0.2) is 44.6 Å². The summed E-state index contributed by atoms with van der Waals surface area (Å²) in [5, 5.41) is 0.0560. The number of rotatable bonds is 6. The molecule has 1 fully saturated rings. The average Bonchev–Trinajstić information content (AvgIpc) is 3.32. The zero-order valence-corrected chi connectivity index (χ0v) is 19.0. The third kappa shape index (κ3) is 4.31. The van der Waals surface area contributed by atoms with Crippen molar-refractivity contribution < 1.29 is 33.4 Å². The Hall–Kier alpha value is -3.40. The number of thiophene rings is 1. The summed E-state index contributed by atoms with van der Waals surface area (Å²) in [6.45, 7) is 3.68. The van der Waals surface area contributed by atoms with Crippen LogP contribution in [-0.2, 0) is 30.4 Å². The molecular weight excluding hydrogens is 436 g/mol. The van der Waals surface area contributed by atoms with Crippen LogP contribution < -0.4 is 10.6 Å². The molecule has 0 spiro atoms. The highest BCUT2D eigenvalue weighted by Crippen LogP contribution is 2.34. The minimum atomic E-state index is -0.753. The Labute approximate surface area is 189 Å². The highest BCUT2D eigenvalue weighted by atomic mass is 32.1. The van der Waals surface area contributed by atoms with Crippen LogP contribution >= 0.6 is 11.3 Å². The zero-order valence-electron chi connectivity index (χ0n) is 18.2. The Bertz CT molecular complexity index is 1090. The summed E-state index contributed by atoms with van der Waals surface area (Å²) in [5.41, 5.74) is 8.74. The van der Waals surface area contributed by atoms with Crippen LogP contribution in [0.5, 0.6) is 0 Å². The number of hydrogen-bond acceptors (Lipinski definition) is 9. The number of aryl methyl sites for hydroxylation is 1. The van der Waals surface area contributed by atoms with Crippen LogP contribution in [0.3, 0.4) is 0 Å². The van der Waals surface area contributed by atoms with E-state index in [1.165, 1.54) is 14.2 Å². The Morgan fingerprint density at radius 3 is 2.50 bits per heavy atom. The largest absolute Gasteiger partial charge is 0.465 e. The number of nitrogens with two attached hydrogens (primary N) is 1. The summed E-state index contributed by atoms with van der Waals surface area (Å²) in [7, 11) is 2.37. The molecule has 2 N–H and O–H groups in total. The van der Waals surface area contributed by atoms with Crippen molar-refractivity contribution in [3.63, 3.8) is 0 Å². The molecule has 0 aliphatic carbocycles. The van der Waals surface area contributed by atoms with Gasteiger partial charge in [-0.3, -0.25) is 9.59 Å². The fraction of sp³-hybridized carbons (Fsp3) is 0.364. The van der Waals surface area contributed by atoms with E-state index in [9.17, 15) is 19.2 Å². The van der Waals surface area contributed by atoms with E-state index in [0.717, 1.165) is 28.2 Å². The van der Waals surface area contributed by atoms with Crippen molar-refractivity contribution in [3.8, 4) is 0 Å². The monoisotopic (exact) mass is 460 g/mol. The summed E-state index contributed by atoms with van der Waals surface area (Å²) >= 11 is 0.851. The van der Waals surface area contributed by atoms with Crippen molar-refractivity contribution in [2.24, 2.45) is 5.92 Å². The Balaban J connectivity index is 1.78. The van der Waals surface area contributed by atoms with Gasteiger partial charge in [-0.1, -0.05) is 12.1 Å². The lowest BCUT2D eigenvalue weighted by Gasteiger charge is -2.20. The van der Waals surface area contributed by atoms with E-state index in [4.69, 9.17) is 19.9 Å². The first-order valence-corrected chi connectivity index (χ1v) is 10.6. The third-order valence-electron chi connectivity index (χ3n) is 5.48. The van der Waals surface area contributed by atoms with Crippen LogP contribution in [0.25, 0.3) is 0 Å². The van der Waals surface area contributed by atoms with Crippen LogP contribution in [0.15, 0.2) is 18.2 Å². The van der Waals surface area contributed by atoms with Gasteiger partial charge in [0.25, 0.3) is 0 Å². The van der Waals surface area contributed by atoms with Crippen LogP contribution in [0.2, 0.25) is 0 Å². The van der Waals surface area contributed by atoms with E-state index in [1.807, 2.05) is 32.0 Å². The molecule has 2 heterocycles. The van der Waals surface area contributed by atoms with E-state index in [-0.39, 0.29) is 46.5 Å². The number of hydrogen-bond donors (Lipinski definition) is 1. The molecule has 32 heavy (non-hydrogen) atoms. The number of ether oxygens (including phenoxy) is 3. The smallest absolute Gasteiger partial charge is 0.348 e. The number of methoxy groups -OCH3 is 2. The Morgan fingerprint density at radius 1 is 1.16 bits per heavy atom. The summed E-state index contributed by atoms with van der Waals surface area (Å²) in [4.78, 5) is 51.2. The number of amides is 1. The van der Waals surface area contributed by atoms with Gasteiger partial charge in [-0.25, -0.2) is 9.59 Å². The molecule has 1 aliphatic rings. The fourth-order valence-electron chi connectivity index (χ4n) is 3.59. The molecule has 9 nitrogen and oxygen atoms in total. The summed E-state index contributed by atoms with van der Waals surface area (Å²) < 4.78 is 14.9. The molecule has 0 saturated carbocycles. The molecule has 170 valence electrons. The number of anilines is 2. The molecule has 10 heteroatoms. The highest BCUT2D eigenvalue weighted by Gasteiger charge is 2.37. The van der Waals surface area contributed by atoms with Crippen molar-refractivity contribution in [1.82, 2.24) is 0 Å². The van der Waals surface area contributed by atoms with E-state index >= 15 is 0 Å². The molecule has 0 radical (unpaired) electrons. The second kappa shape index (κ2) is 9.39. The average molecular weight is 461 g/mol. The maximum absolute atomic E-state index is 12.7. The van der Waals surface area contributed by atoms with E-state index < -0.39 is 23.8 Å². The SMILES string of the molecule is COC(=O)c1sc(N)c(C(=O)OC)c1COC(=O)C1CC(=O)N(c2cccc(C)c2C)C1. The molecule has 1 unspecified atom stereocenters.